The molecular formula is C15H19N3O4. The Balaban J connectivity index is 2.07. The molecule has 118 valence electrons. The van der Waals surface area contributed by atoms with Crippen LogP contribution in [0.3, 0.4) is 0 Å². The van der Waals surface area contributed by atoms with Crippen LogP contribution in [0.2, 0.25) is 0 Å². The number of amides is 2. The molecule has 0 aromatic heterocycles. The number of piperazine rings is 1. The Labute approximate surface area is 128 Å². The van der Waals surface area contributed by atoms with Gasteiger partial charge in [-0.15, -0.1) is 0 Å². The van der Waals surface area contributed by atoms with E-state index in [1.807, 2.05) is 0 Å². The Morgan fingerprint density at radius 3 is 2.45 bits per heavy atom. The Bertz CT molecular complexity index is 585. The van der Waals surface area contributed by atoms with Gasteiger partial charge in [-0.05, 0) is 24.1 Å². The molecule has 1 aliphatic rings. The smallest absolute Gasteiger partial charge is 0.316 e. The minimum Gasteiger partial charge on any atom is -0.481 e. The monoisotopic (exact) mass is 305 g/mol. The molecule has 1 saturated heterocycles. The van der Waals surface area contributed by atoms with Crippen molar-refractivity contribution in [3.05, 3.63) is 29.8 Å². The summed E-state index contributed by atoms with van der Waals surface area (Å²) in [6.45, 7) is 0.940. The van der Waals surface area contributed by atoms with Crippen LogP contribution in [0.25, 0.3) is 0 Å². The number of hydrogen-bond donors (Lipinski definition) is 2. The number of likely N-dealkylation sites (N-methyl/N-ethyl adjacent to an activating group) is 1. The first-order valence-corrected chi connectivity index (χ1v) is 7.04. The zero-order chi connectivity index (χ0) is 16.3. The minimum absolute atomic E-state index is 0.00830. The summed E-state index contributed by atoms with van der Waals surface area (Å²) in [4.78, 5) is 37.1. The molecule has 1 fully saturated rings. The van der Waals surface area contributed by atoms with Crippen molar-refractivity contribution in [3.8, 4) is 0 Å². The van der Waals surface area contributed by atoms with Crippen molar-refractivity contribution in [1.82, 2.24) is 4.90 Å². The highest BCUT2D eigenvalue weighted by molar-refractivity contribution is 6.40. The van der Waals surface area contributed by atoms with Crippen LogP contribution in [-0.4, -0.2) is 47.9 Å². The Morgan fingerprint density at radius 2 is 1.86 bits per heavy atom. The molecule has 1 heterocycles. The molecule has 0 aliphatic carbocycles. The molecule has 1 aliphatic heterocycles. The number of nitrogens with two attached hydrogens (primary N) is 1. The van der Waals surface area contributed by atoms with Gasteiger partial charge in [0.2, 0.25) is 0 Å². The molecule has 0 saturated carbocycles. The van der Waals surface area contributed by atoms with Gasteiger partial charge in [-0.25, -0.2) is 0 Å². The van der Waals surface area contributed by atoms with Crippen LogP contribution in [0.15, 0.2) is 24.3 Å². The SMILES string of the molecule is CN1CCN(c2ccc(C(N)CCC(=O)O)cc2)C(=O)C1=O. The summed E-state index contributed by atoms with van der Waals surface area (Å²) >= 11 is 0. The average molecular weight is 305 g/mol. The molecule has 0 spiro atoms. The number of nitrogens with zero attached hydrogens (tertiary/aromatic N) is 2. The van der Waals surface area contributed by atoms with E-state index in [4.69, 9.17) is 10.8 Å². The van der Waals surface area contributed by atoms with E-state index in [1.54, 1.807) is 31.3 Å². The van der Waals surface area contributed by atoms with Crippen LogP contribution in [-0.2, 0) is 14.4 Å². The zero-order valence-electron chi connectivity index (χ0n) is 12.4. The topological polar surface area (TPSA) is 104 Å². The molecule has 22 heavy (non-hydrogen) atoms. The van der Waals surface area contributed by atoms with Crippen molar-refractivity contribution in [2.24, 2.45) is 5.73 Å². The van der Waals surface area contributed by atoms with Crippen LogP contribution in [0.1, 0.15) is 24.4 Å². The van der Waals surface area contributed by atoms with Gasteiger partial charge in [0.15, 0.2) is 0 Å². The first kappa shape index (κ1) is 16.0. The third-order valence-corrected chi connectivity index (χ3v) is 3.74. The van der Waals surface area contributed by atoms with Gasteiger partial charge in [0, 0.05) is 38.3 Å². The second-order valence-corrected chi connectivity index (χ2v) is 5.31. The molecule has 2 rings (SSSR count). The molecule has 0 bridgehead atoms. The number of carbonyl (C=O) groups is 3. The zero-order valence-corrected chi connectivity index (χ0v) is 12.4. The number of carboxylic acids is 1. The number of anilines is 1. The molecule has 7 heteroatoms. The summed E-state index contributed by atoms with van der Waals surface area (Å²) in [7, 11) is 1.60. The Kier molecular flexibility index (Phi) is 4.77. The highest BCUT2D eigenvalue weighted by Gasteiger charge is 2.31. The van der Waals surface area contributed by atoms with Gasteiger partial charge in [-0.1, -0.05) is 12.1 Å². The van der Waals surface area contributed by atoms with Crippen molar-refractivity contribution in [2.45, 2.75) is 18.9 Å². The highest BCUT2D eigenvalue weighted by Crippen LogP contribution is 2.22. The van der Waals surface area contributed by atoms with Crippen LogP contribution in [0, 0.1) is 0 Å². The maximum atomic E-state index is 12.0. The second-order valence-electron chi connectivity index (χ2n) is 5.31. The summed E-state index contributed by atoms with van der Waals surface area (Å²) in [5.74, 6) is -1.95. The molecule has 3 N–H and O–H groups in total. The lowest BCUT2D eigenvalue weighted by Crippen LogP contribution is -2.53. The molecule has 1 aromatic rings. The fraction of sp³-hybridized carbons (Fsp3) is 0.400. The molecule has 7 nitrogen and oxygen atoms in total. The van der Waals surface area contributed by atoms with Crippen molar-refractivity contribution in [1.29, 1.82) is 0 Å². The number of rotatable bonds is 5. The van der Waals surface area contributed by atoms with Gasteiger partial charge >= 0.3 is 17.8 Å². The van der Waals surface area contributed by atoms with Crippen molar-refractivity contribution in [3.63, 3.8) is 0 Å². The predicted octanol–water partition coefficient (Wildman–Crippen LogP) is 0.356. The first-order valence-electron chi connectivity index (χ1n) is 7.04. The maximum Gasteiger partial charge on any atom is 0.316 e. The van der Waals surface area contributed by atoms with Crippen LogP contribution in [0.4, 0.5) is 5.69 Å². The molecular weight excluding hydrogens is 286 g/mol. The summed E-state index contributed by atoms with van der Waals surface area (Å²) in [5, 5.41) is 8.66. The Hall–Kier alpha value is -2.41. The van der Waals surface area contributed by atoms with Gasteiger partial charge in [0.25, 0.3) is 0 Å². The summed E-state index contributed by atoms with van der Waals surface area (Å²) in [6, 6.07) is 6.62. The van der Waals surface area contributed by atoms with E-state index in [2.05, 4.69) is 0 Å². The third-order valence-electron chi connectivity index (χ3n) is 3.74. The lowest BCUT2D eigenvalue weighted by atomic mass is 10.0. The summed E-state index contributed by atoms with van der Waals surface area (Å²) < 4.78 is 0. The average Bonchev–Trinajstić information content (AvgIpc) is 2.51. The van der Waals surface area contributed by atoms with E-state index in [9.17, 15) is 14.4 Å². The van der Waals surface area contributed by atoms with E-state index < -0.39 is 17.8 Å². The first-order chi connectivity index (χ1) is 10.4. The maximum absolute atomic E-state index is 12.0. The van der Waals surface area contributed by atoms with Crippen molar-refractivity contribution >= 4 is 23.5 Å². The number of hydrogen-bond acceptors (Lipinski definition) is 4. The fourth-order valence-corrected chi connectivity index (χ4v) is 2.33. The predicted molar refractivity (Wildman–Crippen MR) is 80.2 cm³/mol. The normalized spacial score (nSPS) is 16.8. The van der Waals surface area contributed by atoms with Crippen LogP contribution in [0.5, 0.6) is 0 Å². The van der Waals surface area contributed by atoms with E-state index in [0.29, 0.717) is 25.2 Å². The fourth-order valence-electron chi connectivity index (χ4n) is 2.33. The Morgan fingerprint density at radius 1 is 1.23 bits per heavy atom. The lowest BCUT2D eigenvalue weighted by Gasteiger charge is -2.31. The standard InChI is InChI=1S/C15H19N3O4/c1-17-8-9-18(15(22)14(17)21)11-4-2-10(3-5-11)12(16)6-7-13(19)20/h2-5,12H,6-9,16H2,1H3,(H,19,20). The third kappa shape index (κ3) is 3.43. The van der Waals surface area contributed by atoms with Crippen molar-refractivity contribution < 1.29 is 19.5 Å². The summed E-state index contributed by atoms with van der Waals surface area (Å²) in [5.41, 5.74) is 7.38. The summed E-state index contributed by atoms with van der Waals surface area (Å²) in [6.07, 6.45) is 0.356. The number of carboxylic acid groups (broad SMARTS) is 1. The lowest BCUT2D eigenvalue weighted by molar-refractivity contribution is -0.145. The van der Waals surface area contributed by atoms with E-state index in [1.165, 1.54) is 9.80 Å². The van der Waals surface area contributed by atoms with E-state index in [0.717, 1.165) is 5.56 Å². The second kappa shape index (κ2) is 6.57. The van der Waals surface area contributed by atoms with Gasteiger partial charge < -0.3 is 20.6 Å². The van der Waals surface area contributed by atoms with Gasteiger partial charge in [0.05, 0.1) is 0 Å². The number of benzene rings is 1. The number of aliphatic carboxylic acids is 1. The quantitative estimate of drug-likeness (QED) is 0.764. The van der Waals surface area contributed by atoms with E-state index >= 15 is 0 Å². The molecule has 1 aromatic carbocycles. The van der Waals surface area contributed by atoms with E-state index in [-0.39, 0.29) is 12.5 Å². The largest absolute Gasteiger partial charge is 0.481 e. The van der Waals surface area contributed by atoms with Gasteiger partial charge in [0.1, 0.15) is 0 Å². The molecule has 1 atom stereocenters. The van der Waals surface area contributed by atoms with Crippen LogP contribution >= 0.6 is 0 Å². The van der Waals surface area contributed by atoms with Gasteiger partial charge in [-0.3, -0.25) is 14.4 Å². The van der Waals surface area contributed by atoms with Crippen LogP contribution < -0.4 is 10.6 Å². The minimum atomic E-state index is -0.881. The molecule has 1 unspecified atom stereocenters. The molecule has 0 radical (unpaired) electrons. The van der Waals surface area contributed by atoms with Crippen molar-refractivity contribution in [2.75, 3.05) is 25.0 Å². The number of carbonyl (C=O) groups excluding carboxylic acids is 2. The molecule has 2 amide bonds. The highest BCUT2D eigenvalue weighted by atomic mass is 16.4. The van der Waals surface area contributed by atoms with Gasteiger partial charge in [-0.2, -0.15) is 0 Å².